The van der Waals surface area contributed by atoms with Crippen LogP contribution >= 0.6 is 0 Å². The smallest absolute Gasteiger partial charge is 0.224 e. The normalized spacial score (nSPS) is 33.4. The minimum atomic E-state index is -3.02. The zero-order valence-electron chi connectivity index (χ0n) is 10.6. The van der Waals surface area contributed by atoms with Crippen LogP contribution in [0.1, 0.15) is 27.2 Å². The lowest BCUT2D eigenvalue weighted by atomic mass is 10.0. The van der Waals surface area contributed by atoms with Crippen molar-refractivity contribution in [2.75, 3.05) is 18.1 Å². The van der Waals surface area contributed by atoms with Gasteiger partial charge in [0.05, 0.1) is 17.5 Å². The minimum absolute atomic E-state index is 0.0506. The number of hydrogen-bond donors (Lipinski definition) is 1. The number of nitrogens with one attached hydrogen (secondary N) is 1. The van der Waals surface area contributed by atoms with Gasteiger partial charge in [-0.1, -0.05) is 0 Å². The van der Waals surface area contributed by atoms with Gasteiger partial charge in [-0.2, -0.15) is 0 Å². The van der Waals surface area contributed by atoms with Crippen LogP contribution in [-0.2, 0) is 14.6 Å². The molecule has 2 aliphatic rings. The molecular weight excluding hydrogens is 240 g/mol. The van der Waals surface area contributed by atoms with Gasteiger partial charge in [0.2, 0.25) is 5.91 Å². The monoisotopic (exact) mass is 260 g/mol. The van der Waals surface area contributed by atoms with E-state index in [0.717, 1.165) is 0 Å². The number of carbonyl (C=O) groups excluding carboxylic acids is 1. The molecule has 0 aliphatic carbocycles. The molecule has 0 aromatic heterocycles. The van der Waals surface area contributed by atoms with Gasteiger partial charge < -0.3 is 10.2 Å². The number of carbonyl (C=O) groups is 1. The Bertz CT molecular complexity index is 424. The van der Waals surface area contributed by atoms with Gasteiger partial charge in [0.15, 0.2) is 9.84 Å². The third-order valence-electron chi connectivity index (χ3n) is 3.39. The zero-order valence-corrected chi connectivity index (χ0v) is 11.4. The van der Waals surface area contributed by atoms with Crippen molar-refractivity contribution in [1.29, 1.82) is 0 Å². The average molecular weight is 260 g/mol. The molecule has 2 fully saturated rings. The second-order valence-electron chi connectivity index (χ2n) is 5.89. The van der Waals surface area contributed by atoms with Crippen molar-refractivity contribution < 1.29 is 13.2 Å². The molecule has 5 nitrogen and oxygen atoms in total. The molecule has 0 saturated carbocycles. The maximum absolute atomic E-state index is 12.1. The predicted octanol–water partition coefficient (Wildman–Crippen LogP) is -0.228. The van der Waals surface area contributed by atoms with Crippen LogP contribution in [0.25, 0.3) is 0 Å². The highest BCUT2D eigenvalue weighted by atomic mass is 32.2. The molecule has 0 radical (unpaired) electrons. The summed E-state index contributed by atoms with van der Waals surface area (Å²) < 4.78 is 23.4. The Morgan fingerprint density at radius 2 is 1.94 bits per heavy atom. The second-order valence-corrected chi connectivity index (χ2v) is 8.04. The third-order valence-corrected chi connectivity index (χ3v) is 5.11. The number of nitrogens with zero attached hydrogens (tertiary/aromatic N) is 1. The fraction of sp³-hybridized carbons (Fsp3) is 0.909. The Labute approximate surface area is 102 Å². The van der Waals surface area contributed by atoms with Crippen LogP contribution < -0.4 is 5.32 Å². The van der Waals surface area contributed by atoms with E-state index in [2.05, 4.69) is 5.32 Å². The first-order valence-corrected chi connectivity index (χ1v) is 7.79. The number of sulfone groups is 1. The van der Waals surface area contributed by atoms with Crippen molar-refractivity contribution in [2.45, 2.75) is 44.8 Å². The van der Waals surface area contributed by atoms with E-state index in [1.54, 1.807) is 4.90 Å². The molecule has 2 aliphatic heterocycles. The summed E-state index contributed by atoms with van der Waals surface area (Å²) in [5.41, 5.74) is -0.327. The number of hydrogen-bond acceptors (Lipinski definition) is 4. The van der Waals surface area contributed by atoms with Gasteiger partial charge in [-0.05, 0) is 20.8 Å². The Hall–Kier alpha value is -0.620. The average Bonchev–Trinajstić information content (AvgIpc) is 2.30. The van der Waals surface area contributed by atoms with E-state index in [1.165, 1.54) is 0 Å². The first-order chi connectivity index (χ1) is 7.71. The van der Waals surface area contributed by atoms with E-state index in [-0.39, 0.29) is 35.0 Å². The lowest BCUT2D eigenvalue weighted by molar-refractivity contribution is -0.137. The number of amides is 1. The fourth-order valence-corrected chi connectivity index (χ4v) is 4.74. The largest absolute Gasteiger partial charge is 0.332 e. The molecule has 0 spiro atoms. The predicted molar refractivity (Wildman–Crippen MR) is 65.4 cm³/mol. The van der Waals surface area contributed by atoms with Gasteiger partial charge in [0.1, 0.15) is 0 Å². The SMILES string of the molecule is CC(C)(C)N1C(=O)CCNC2CS(=O)(=O)CC21. The summed E-state index contributed by atoms with van der Waals surface area (Å²) in [4.78, 5) is 13.9. The molecular formula is C11H20N2O3S. The van der Waals surface area contributed by atoms with E-state index < -0.39 is 9.84 Å². The number of fused-ring (bicyclic) bond motifs is 1. The standard InChI is InChI=1S/C11H20N2O3S/c1-11(2,3)13-9-7-17(15,16)6-8(9)12-5-4-10(13)14/h8-9,12H,4-7H2,1-3H3. The maximum atomic E-state index is 12.1. The highest BCUT2D eigenvalue weighted by Gasteiger charge is 2.46. The van der Waals surface area contributed by atoms with Crippen LogP contribution in [0.4, 0.5) is 0 Å². The van der Waals surface area contributed by atoms with Crippen LogP contribution in [0.3, 0.4) is 0 Å². The summed E-state index contributed by atoms with van der Waals surface area (Å²) in [5.74, 6) is 0.292. The lowest BCUT2D eigenvalue weighted by Crippen LogP contribution is -2.56. The Morgan fingerprint density at radius 3 is 2.53 bits per heavy atom. The first kappa shape index (κ1) is 12.8. The Balaban J connectivity index is 2.36. The molecule has 0 aromatic carbocycles. The van der Waals surface area contributed by atoms with Gasteiger partial charge >= 0.3 is 0 Å². The van der Waals surface area contributed by atoms with Crippen LogP contribution in [0.5, 0.6) is 0 Å². The van der Waals surface area contributed by atoms with Crippen molar-refractivity contribution in [3.05, 3.63) is 0 Å². The van der Waals surface area contributed by atoms with Crippen molar-refractivity contribution in [1.82, 2.24) is 10.2 Å². The molecule has 0 aromatic rings. The number of rotatable bonds is 0. The fourth-order valence-electron chi connectivity index (χ4n) is 2.82. The van der Waals surface area contributed by atoms with Crippen LogP contribution in [0.2, 0.25) is 0 Å². The van der Waals surface area contributed by atoms with Gasteiger partial charge in [0.25, 0.3) is 0 Å². The molecule has 2 unspecified atom stereocenters. The van der Waals surface area contributed by atoms with Gasteiger partial charge in [-0.25, -0.2) is 8.42 Å². The van der Waals surface area contributed by atoms with Crippen molar-refractivity contribution >= 4 is 15.7 Å². The molecule has 6 heteroatoms. The van der Waals surface area contributed by atoms with Crippen LogP contribution in [0.15, 0.2) is 0 Å². The summed E-state index contributed by atoms with van der Waals surface area (Å²) in [6, 6.07) is -0.319. The first-order valence-electron chi connectivity index (χ1n) is 5.97. The van der Waals surface area contributed by atoms with E-state index in [1.807, 2.05) is 20.8 Å². The molecule has 2 rings (SSSR count). The highest BCUT2D eigenvalue weighted by Crippen LogP contribution is 2.28. The molecule has 1 N–H and O–H groups in total. The van der Waals surface area contributed by atoms with Gasteiger partial charge in [0, 0.05) is 24.5 Å². The zero-order chi connectivity index (χ0) is 12.8. The second kappa shape index (κ2) is 3.95. The highest BCUT2D eigenvalue weighted by molar-refractivity contribution is 7.91. The lowest BCUT2D eigenvalue weighted by Gasteiger charge is -2.40. The third kappa shape index (κ3) is 2.47. The topological polar surface area (TPSA) is 66.5 Å². The molecule has 1 amide bonds. The molecule has 2 atom stereocenters. The summed E-state index contributed by atoms with van der Waals surface area (Å²) >= 11 is 0. The Kier molecular flexibility index (Phi) is 2.98. The van der Waals surface area contributed by atoms with E-state index in [9.17, 15) is 13.2 Å². The van der Waals surface area contributed by atoms with E-state index >= 15 is 0 Å². The van der Waals surface area contributed by atoms with E-state index in [0.29, 0.717) is 13.0 Å². The molecule has 0 bridgehead atoms. The summed E-state index contributed by atoms with van der Waals surface area (Å²) in [5, 5.41) is 3.19. The quantitative estimate of drug-likeness (QED) is 0.653. The molecule has 98 valence electrons. The van der Waals surface area contributed by atoms with Crippen LogP contribution in [-0.4, -0.2) is 54.9 Å². The van der Waals surface area contributed by atoms with Gasteiger partial charge in [-0.3, -0.25) is 4.79 Å². The summed E-state index contributed by atoms with van der Waals surface area (Å²) in [6.45, 7) is 6.44. The van der Waals surface area contributed by atoms with Crippen molar-refractivity contribution in [3.8, 4) is 0 Å². The summed E-state index contributed by atoms with van der Waals surface area (Å²) in [7, 11) is -3.02. The van der Waals surface area contributed by atoms with Gasteiger partial charge in [-0.15, -0.1) is 0 Å². The maximum Gasteiger partial charge on any atom is 0.224 e. The minimum Gasteiger partial charge on any atom is -0.332 e. The summed E-state index contributed by atoms with van der Waals surface area (Å²) in [6.07, 6.45) is 0.449. The Morgan fingerprint density at radius 1 is 1.29 bits per heavy atom. The molecule has 17 heavy (non-hydrogen) atoms. The van der Waals surface area contributed by atoms with Crippen LogP contribution in [0, 0.1) is 0 Å². The molecule has 2 saturated heterocycles. The van der Waals surface area contributed by atoms with Crippen molar-refractivity contribution in [2.24, 2.45) is 0 Å². The van der Waals surface area contributed by atoms with E-state index in [4.69, 9.17) is 0 Å². The molecule has 2 heterocycles. The van der Waals surface area contributed by atoms with Crippen molar-refractivity contribution in [3.63, 3.8) is 0 Å².